The van der Waals surface area contributed by atoms with Crippen molar-refractivity contribution < 1.29 is 9.47 Å². The monoisotopic (exact) mass is 293 g/mol. The topological polar surface area (TPSA) is 51.0 Å². The van der Waals surface area contributed by atoms with Crippen LogP contribution in [0.15, 0.2) is 18.2 Å². The summed E-state index contributed by atoms with van der Waals surface area (Å²) < 4.78 is 10.6. The van der Waals surface area contributed by atoms with Crippen molar-refractivity contribution >= 4 is 0 Å². The molecule has 5 nitrogen and oxygen atoms in total. The standard InChI is InChI=1S/C16H27N3O2/c1-18-7-8-19(2)13(11-18)10-14(17)12-5-6-15(20-3)16(9-12)21-4/h5-6,9,13-14H,7-8,10-11,17H2,1-4H3. The summed E-state index contributed by atoms with van der Waals surface area (Å²) in [5, 5.41) is 0. The van der Waals surface area contributed by atoms with Crippen LogP contribution in [0.4, 0.5) is 0 Å². The van der Waals surface area contributed by atoms with Crippen LogP contribution in [0, 0.1) is 0 Å². The lowest BCUT2D eigenvalue weighted by molar-refractivity contribution is 0.104. The summed E-state index contributed by atoms with van der Waals surface area (Å²) in [7, 11) is 7.64. The van der Waals surface area contributed by atoms with Crippen molar-refractivity contribution in [3.05, 3.63) is 23.8 Å². The zero-order valence-electron chi connectivity index (χ0n) is 13.5. The lowest BCUT2D eigenvalue weighted by atomic mass is 9.97. The minimum absolute atomic E-state index is 0.00348. The van der Waals surface area contributed by atoms with Gasteiger partial charge in [-0.3, -0.25) is 0 Å². The van der Waals surface area contributed by atoms with E-state index in [4.69, 9.17) is 15.2 Å². The molecule has 0 bridgehead atoms. The molecule has 1 fully saturated rings. The van der Waals surface area contributed by atoms with E-state index in [0.29, 0.717) is 6.04 Å². The molecular formula is C16H27N3O2. The molecule has 21 heavy (non-hydrogen) atoms. The summed E-state index contributed by atoms with van der Waals surface area (Å²) in [4.78, 5) is 4.77. The molecule has 2 unspecified atom stereocenters. The first-order valence-electron chi connectivity index (χ1n) is 7.41. The molecule has 2 N–H and O–H groups in total. The fourth-order valence-corrected chi connectivity index (χ4v) is 2.87. The third-order valence-corrected chi connectivity index (χ3v) is 4.34. The molecule has 0 aromatic heterocycles. The van der Waals surface area contributed by atoms with Crippen molar-refractivity contribution in [2.45, 2.75) is 18.5 Å². The van der Waals surface area contributed by atoms with Crippen LogP contribution in [-0.4, -0.2) is 63.8 Å². The van der Waals surface area contributed by atoms with Crippen LogP contribution in [0.5, 0.6) is 11.5 Å². The SMILES string of the molecule is COc1ccc(C(N)CC2CN(C)CCN2C)cc1OC. The van der Waals surface area contributed by atoms with Crippen LogP contribution in [0.3, 0.4) is 0 Å². The molecule has 2 rings (SSSR count). The highest BCUT2D eigenvalue weighted by molar-refractivity contribution is 5.43. The molecule has 0 radical (unpaired) electrons. The average molecular weight is 293 g/mol. The predicted octanol–water partition coefficient (Wildman–Crippen LogP) is 1.34. The van der Waals surface area contributed by atoms with Gasteiger partial charge in [0.2, 0.25) is 0 Å². The van der Waals surface area contributed by atoms with Crippen LogP contribution in [0.1, 0.15) is 18.0 Å². The van der Waals surface area contributed by atoms with Crippen molar-refractivity contribution in [3.63, 3.8) is 0 Å². The van der Waals surface area contributed by atoms with Crippen LogP contribution in [-0.2, 0) is 0 Å². The Morgan fingerprint density at radius 3 is 2.57 bits per heavy atom. The van der Waals surface area contributed by atoms with Gasteiger partial charge in [-0.25, -0.2) is 0 Å². The van der Waals surface area contributed by atoms with E-state index in [1.807, 2.05) is 18.2 Å². The molecule has 118 valence electrons. The first-order chi connectivity index (χ1) is 10.0. The average Bonchev–Trinajstić information content (AvgIpc) is 2.50. The lowest BCUT2D eigenvalue weighted by Gasteiger charge is -2.38. The second-order valence-corrected chi connectivity index (χ2v) is 5.85. The largest absolute Gasteiger partial charge is 0.493 e. The number of piperazine rings is 1. The molecule has 1 aromatic rings. The van der Waals surface area contributed by atoms with Gasteiger partial charge in [-0.1, -0.05) is 6.07 Å². The molecule has 1 aliphatic heterocycles. The minimum atomic E-state index is 0.00348. The van der Waals surface area contributed by atoms with Gasteiger partial charge in [0.1, 0.15) is 0 Å². The van der Waals surface area contributed by atoms with Crippen molar-refractivity contribution in [2.24, 2.45) is 5.73 Å². The first-order valence-corrected chi connectivity index (χ1v) is 7.41. The number of benzene rings is 1. The normalized spacial score (nSPS) is 22.0. The van der Waals surface area contributed by atoms with Crippen molar-refractivity contribution in [3.8, 4) is 11.5 Å². The maximum atomic E-state index is 6.41. The number of nitrogens with two attached hydrogens (primary N) is 1. The van der Waals surface area contributed by atoms with Gasteiger partial charge in [-0.15, -0.1) is 0 Å². The number of nitrogens with zero attached hydrogens (tertiary/aromatic N) is 2. The summed E-state index contributed by atoms with van der Waals surface area (Å²) in [5.74, 6) is 1.47. The Balaban J connectivity index is 2.07. The van der Waals surface area contributed by atoms with Crippen LogP contribution >= 0.6 is 0 Å². The Morgan fingerprint density at radius 2 is 1.90 bits per heavy atom. The third-order valence-electron chi connectivity index (χ3n) is 4.34. The minimum Gasteiger partial charge on any atom is -0.493 e. The van der Waals surface area contributed by atoms with E-state index >= 15 is 0 Å². The highest BCUT2D eigenvalue weighted by Crippen LogP contribution is 2.31. The number of hydrogen-bond donors (Lipinski definition) is 1. The zero-order valence-corrected chi connectivity index (χ0v) is 13.5. The highest BCUT2D eigenvalue weighted by atomic mass is 16.5. The van der Waals surface area contributed by atoms with Crippen molar-refractivity contribution in [1.29, 1.82) is 0 Å². The summed E-state index contributed by atoms with van der Waals surface area (Å²) in [6.45, 7) is 3.29. The van der Waals surface area contributed by atoms with Gasteiger partial charge >= 0.3 is 0 Å². The highest BCUT2D eigenvalue weighted by Gasteiger charge is 2.24. The quantitative estimate of drug-likeness (QED) is 0.888. The molecule has 0 amide bonds. The molecule has 1 aliphatic rings. The van der Waals surface area contributed by atoms with E-state index < -0.39 is 0 Å². The van der Waals surface area contributed by atoms with E-state index in [9.17, 15) is 0 Å². The first kappa shape index (κ1) is 16.1. The van der Waals surface area contributed by atoms with Gasteiger partial charge in [-0.05, 0) is 38.2 Å². The number of methoxy groups -OCH3 is 2. The Kier molecular flexibility index (Phi) is 5.45. The van der Waals surface area contributed by atoms with Crippen molar-refractivity contribution in [1.82, 2.24) is 9.80 Å². The fraction of sp³-hybridized carbons (Fsp3) is 0.625. The molecule has 1 heterocycles. The Bertz CT molecular complexity index is 467. The molecule has 5 heteroatoms. The molecule has 0 saturated carbocycles. The van der Waals surface area contributed by atoms with Gasteiger partial charge < -0.3 is 25.0 Å². The van der Waals surface area contributed by atoms with Gasteiger partial charge in [0.05, 0.1) is 14.2 Å². The van der Waals surface area contributed by atoms with E-state index in [1.165, 1.54) is 0 Å². The van der Waals surface area contributed by atoms with Gasteiger partial charge in [-0.2, -0.15) is 0 Å². The summed E-state index contributed by atoms with van der Waals surface area (Å²) in [6.07, 6.45) is 0.941. The lowest BCUT2D eigenvalue weighted by Crippen LogP contribution is -2.50. The van der Waals surface area contributed by atoms with E-state index in [1.54, 1.807) is 14.2 Å². The summed E-state index contributed by atoms with van der Waals surface area (Å²) in [6, 6.07) is 6.43. The Hall–Kier alpha value is -1.30. The van der Waals surface area contributed by atoms with Gasteiger partial charge in [0, 0.05) is 31.7 Å². The number of ether oxygens (including phenoxy) is 2. The number of likely N-dealkylation sites (N-methyl/N-ethyl adjacent to an activating group) is 2. The maximum Gasteiger partial charge on any atom is 0.161 e. The molecular weight excluding hydrogens is 266 g/mol. The molecule has 0 aliphatic carbocycles. The second kappa shape index (κ2) is 7.11. The summed E-state index contributed by atoms with van der Waals surface area (Å²) >= 11 is 0. The number of rotatable bonds is 5. The predicted molar refractivity (Wildman–Crippen MR) is 85.0 cm³/mol. The third kappa shape index (κ3) is 3.87. The smallest absolute Gasteiger partial charge is 0.161 e. The van der Waals surface area contributed by atoms with Gasteiger partial charge in [0.25, 0.3) is 0 Å². The Labute approximate surface area is 127 Å². The Morgan fingerprint density at radius 1 is 1.19 bits per heavy atom. The molecule has 2 atom stereocenters. The maximum absolute atomic E-state index is 6.41. The molecule has 1 saturated heterocycles. The molecule has 0 spiro atoms. The van der Waals surface area contributed by atoms with Crippen LogP contribution in [0.25, 0.3) is 0 Å². The van der Waals surface area contributed by atoms with E-state index in [0.717, 1.165) is 43.1 Å². The van der Waals surface area contributed by atoms with Gasteiger partial charge in [0.15, 0.2) is 11.5 Å². The fourth-order valence-electron chi connectivity index (χ4n) is 2.87. The summed E-state index contributed by atoms with van der Waals surface area (Å²) in [5.41, 5.74) is 7.50. The van der Waals surface area contributed by atoms with E-state index in [2.05, 4.69) is 23.9 Å². The zero-order chi connectivity index (χ0) is 15.4. The van der Waals surface area contributed by atoms with Crippen LogP contribution in [0.2, 0.25) is 0 Å². The van der Waals surface area contributed by atoms with Crippen LogP contribution < -0.4 is 15.2 Å². The van der Waals surface area contributed by atoms with Crippen molar-refractivity contribution in [2.75, 3.05) is 47.9 Å². The number of hydrogen-bond acceptors (Lipinski definition) is 5. The van der Waals surface area contributed by atoms with E-state index in [-0.39, 0.29) is 6.04 Å². The second-order valence-electron chi connectivity index (χ2n) is 5.85. The molecule has 1 aromatic carbocycles.